The molecule has 0 saturated carbocycles. The normalized spacial score (nSPS) is 13.7. The van der Waals surface area contributed by atoms with Crippen molar-refractivity contribution in [3.63, 3.8) is 0 Å². The average Bonchev–Trinajstić information content (AvgIpc) is 2.91. The van der Waals surface area contributed by atoms with Gasteiger partial charge in [0.25, 0.3) is 0 Å². The zero-order chi connectivity index (χ0) is 18.8. The van der Waals surface area contributed by atoms with Crippen LogP contribution in [0.15, 0.2) is 60.2 Å². The zero-order valence-corrected chi connectivity index (χ0v) is 15.3. The molecule has 0 fully saturated rings. The molecule has 0 atom stereocenters. The summed E-state index contributed by atoms with van der Waals surface area (Å²) in [5, 5.41) is 10.7. The van der Waals surface area contributed by atoms with Gasteiger partial charge in [-0.3, -0.25) is 0 Å². The molecule has 7 nitrogen and oxygen atoms in total. The van der Waals surface area contributed by atoms with E-state index in [0.717, 1.165) is 19.9 Å². The number of ketones is 1. The number of carbonyl (C=O) groups is 3. The Hall–Kier alpha value is -3.09. The molecule has 2 aromatic carbocycles. The minimum atomic E-state index is -0.615. The number of anilines is 1. The summed E-state index contributed by atoms with van der Waals surface area (Å²) < 4.78 is 1.94. The molecule has 1 aliphatic heterocycles. The molecule has 0 N–H and O–H groups in total. The van der Waals surface area contributed by atoms with Gasteiger partial charge in [-0.15, -0.1) is 0 Å². The van der Waals surface area contributed by atoms with E-state index in [2.05, 4.69) is 0 Å². The van der Waals surface area contributed by atoms with Gasteiger partial charge >= 0.3 is 154 Å². The Kier molecular flexibility index (Phi) is 4.79. The Morgan fingerprint density at radius 1 is 1.00 bits per heavy atom. The van der Waals surface area contributed by atoms with E-state index in [1.807, 2.05) is 0 Å². The van der Waals surface area contributed by atoms with Crippen LogP contribution in [0.2, 0.25) is 0 Å². The number of hydrogen-bond donors (Lipinski definition) is 0. The van der Waals surface area contributed by atoms with Crippen LogP contribution in [-0.4, -0.2) is 37.5 Å². The fourth-order valence-corrected chi connectivity index (χ4v) is 4.12. The summed E-state index contributed by atoms with van der Waals surface area (Å²) in [5.74, 6) is -1.59. The summed E-state index contributed by atoms with van der Waals surface area (Å²) in [5.41, 5.74) is 0.324. The molecule has 0 aromatic heterocycles. The topological polar surface area (TPSA) is 97.6 Å². The van der Waals surface area contributed by atoms with Gasteiger partial charge in [0.2, 0.25) is 0 Å². The monoisotopic (exact) mass is 416 g/mol. The van der Waals surface area contributed by atoms with E-state index in [4.69, 9.17) is 0 Å². The van der Waals surface area contributed by atoms with Crippen molar-refractivity contribution in [3.05, 3.63) is 70.3 Å². The summed E-state index contributed by atoms with van der Waals surface area (Å²) >= 11 is -0.0739. The van der Waals surface area contributed by atoms with Crippen molar-refractivity contribution in [2.45, 2.75) is 6.92 Å². The first-order valence-electron chi connectivity index (χ1n) is 7.50. The van der Waals surface area contributed by atoms with Crippen molar-refractivity contribution in [1.29, 1.82) is 0 Å². The van der Waals surface area contributed by atoms with Crippen molar-refractivity contribution in [2.75, 3.05) is 4.90 Å². The Morgan fingerprint density at radius 2 is 1.54 bits per heavy atom. The first-order chi connectivity index (χ1) is 12.4. The Labute approximate surface area is 154 Å². The molecule has 130 valence electrons. The Balaban J connectivity index is 1.75. The molecule has 0 radical (unpaired) electrons. The van der Waals surface area contributed by atoms with Crippen molar-refractivity contribution < 1.29 is 19.3 Å². The van der Waals surface area contributed by atoms with E-state index >= 15 is 0 Å². The van der Waals surface area contributed by atoms with E-state index in [1.54, 1.807) is 36.4 Å². The number of Topliss-reactive ketones (excluding diaryl/α,β-unsaturated/α-hetero) is 1. The van der Waals surface area contributed by atoms with Crippen molar-refractivity contribution in [2.24, 2.45) is 0 Å². The number of non-ortho nitro benzene ring substituents is 1. The van der Waals surface area contributed by atoms with E-state index in [9.17, 15) is 24.5 Å². The standard InChI is InChI=1S/C18H12N2O5Se/c1-11(21)16-10-17(22)19(18(16)23)12-2-6-14(7-3-12)26-15-8-4-13(5-9-15)20(24)25/h2-10H,1H3. The van der Waals surface area contributed by atoms with Crippen LogP contribution in [0.4, 0.5) is 11.4 Å². The molecular weight excluding hydrogens is 403 g/mol. The van der Waals surface area contributed by atoms with Gasteiger partial charge in [-0.1, -0.05) is 0 Å². The summed E-state index contributed by atoms with van der Waals surface area (Å²) in [6, 6.07) is 13.2. The summed E-state index contributed by atoms with van der Waals surface area (Å²) in [7, 11) is 0. The number of carbonyl (C=O) groups excluding carboxylic acids is 3. The van der Waals surface area contributed by atoms with Crippen LogP contribution >= 0.6 is 0 Å². The van der Waals surface area contributed by atoms with Gasteiger partial charge in [-0.25, -0.2) is 0 Å². The summed E-state index contributed by atoms with van der Waals surface area (Å²) in [6.45, 7) is 1.25. The van der Waals surface area contributed by atoms with Crippen LogP contribution in [0, 0.1) is 10.1 Å². The molecule has 26 heavy (non-hydrogen) atoms. The van der Waals surface area contributed by atoms with Crippen molar-refractivity contribution >= 4 is 52.9 Å². The van der Waals surface area contributed by atoms with Gasteiger partial charge in [0.1, 0.15) is 0 Å². The van der Waals surface area contributed by atoms with Gasteiger partial charge < -0.3 is 0 Å². The molecule has 2 amide bonds. The summed E-state index contributed by atoms with van der Waals surface area (Å²) in [4.78, 5) is 46.8. The van der Waals surface area contributed by atoms with Gasteiger partial charge in [0, 0.05) is 0 Å². The SMILES string of the molecule is CC(=O)C1=CC(=O)N(c2ccc([Se]c3ccc([N+](=O)[O-])cc3)cc2)C1=O. The molecule has 0 bridgehead atoms. The molecule has 1 aliphatic rings. The molecule has 0 spiro atoms. The number of rotatable bonds is 5. The molecule has 2 aromatic rings. The number of benzene rings is 2. The second kappa shape index (κ2) is 7.03. The Morgan fingerprint density at radius 3 is 2.00 bits per heavy atom. The first kappa shape index (κ1) is 17.7. The quantitative estimate of drug-likeness (QED) is 0.235. The van der Waals surface area contributed by atoms with Crippen LogP contribution in [0.5, 0.6) is 0 Å². The van der Waals surface area contributed by atoms with Gasteiger partial charge in [0.15, 0.2) is 0 Å². The second-order valence-electron chi connectivity index (χ2n) is 5.44. The Bertz CT molecular complexity index is 949. The number of nitro groups is 1. The van der Waals surface area contributed by atoms with Crippen LogP contribution in [0.1, 0.15) is 6.92 Å². The summed E-state index contributed by atoms with van der Waals surface area (Å²) in [6.07, 6.45) is 1.05. The van der Waals surface area contributed by atoms with E-state index in [0.29, 0.717) is 5.69 Å². The van der Waals surface area contributed by atoms with E-state index in [-0.39, 0.29) is 26.2 Å². The van der Waals surface area contributed by atoms with Crippen LogP contribution in [-0.2, 0) is 14.4 Å². The molecular formula is C18H12N2O5Se. The predicted molar refractivity (Wildman–Crippen MR) is 95.8 cm³/mol. The molecule has 1 heterocycles. The van der Waals surface area contributed by atoms with E-state index < -0.39 is 22.5 Å². The van der Waals surface area contributed by atoms with Gasteiger partial charge in [-0.05, 0) is 0 Å². The van der Waals surface area contributed by atoms with E-state index in [1.165, 1.54) is 19.1 Å². The molecule has 8 heteroatoms. The fraction of sp³-hybridized carbons (Fsp3) is 0.0556. The third kappa shape index (κ3) is 3.46. The number of imide groups is 1. The zero-order valence-electron chi connectivity index (χ0n) is 13.5. The average molecular weight is 415 g/mol. The third-order valence-electron chi connectivity index (χ3n) is 3.68. The number of amides is 2. The van der Waals surface area contributed by atoms with Crippen molar-refractivity contribution in [3.8, 4) is 0 Å². The van der Waals surface area contributed by atoms with Gasteiger partial charge in [-0.2, -0.15) is 0 Å². The fourth-order valence-electron chi connectivity index (χ4n) is 2.40. The van der Waals surface area contributed by atoms with Crippen LogP contribution < -0.4 is 13.8 Å². The second-order valence-corrected chi connectivity index (χ2v) is 7.85. The minimum absolute atomic E-state index is 0.0414. The predicted octanol–water partition coefficient (Wildman–Crippen LogP) is 0.638. The molecule has 0 saturated heterocycles. The third-order valence-corrected chi connectivity index (χ3v) is 5.81. The first-order valence-corrected chi connectivity index (χ1v) is 9.21. The number of nitro benzene ring substituents is 1. The molecule has 0 aliphatic carbocycles. The van der Waals surface area contributed by atoms with Crippen LogP contribution in [0.3, 0.4) is 0 Å². The van der Waals surface area contributed by atoms with Crippen molar-refractivity contribution in [1.82, 2.24) is 0 Å². The number of nitrogens with zero attached hydrogens (tertiary/aromatic N) is 2. The number of hydrogen-bond acceptors (Lipinski definition) is 5. The van der Waals surface area contributed by atoms with Crippen LogP contribution in [0.25, 0.3) is 0 Å². The maximum absolute atomic E-state index is 12.2. The molecule has 3 rings (SSSR count). The van der Waals surface area contributed by atoms with Gasteiger partial charge in [0.05, 0.1) is 0 Å². The maximum atomic E-state index is 12.2. The molecule has 0 unspecified atom stereocenters.